The SMILES string of the molecule is Cc1cccc(CCNC(=O)NCC(C)(C)CC(C)O)c1. The Kier molecular flexibility index (Phi) is 6.69. The van der Waals surface area contributed by atoms with Crippen molar-refractivity contribution >= 4 is 6.03 Å². The van der Waals surface area contributed by atoms with E-state index in [9.17, 15) is 9.90 Å². The fourth-order valence-corrected chi connectivity index (χ4v) is 2.44. The Morgan fingerprint density at radius 3 is 2.67 bits per heavy atom. The van der Waals surface area contributed by atoms with Gasteiger partial charge < -0.3 is 15.7 Å². The van der Waals surface area contributed by atoms with Crippen LogP contribution in [0.2, 0.25) is 0 Å². The van der Waals surface area contributed by atoms with Crippen molar-refractivity contribution in [3.8, 4) is 0 Å². The van der Waals surface area contributed by atoms with Crippen LogP contribution in [0.4, 0.5) is 4.79 Å². The molecule has 2 amide bonds. The van der Waals surface area contributed by atoms with Crippen LogP contribution in [0.25, 0.3) is 0 Å². The summed E-state index contributed by atoms with van der Waals surface area (Å²) >= 11 is 0. The molecule has 4 nitrogen and oxygen atoms in total. The molecular weight excluding hydrogens is 264 g/mol. The molecule has 0 aliphatic heterocycles. The van der Waals surface area contributed by atoms with Gasteiger partial charge in [-0.3, -0.25) is 0 Å². The molecule has 0 bridgehead atoms. The minimum Gasteiger partial charge on any atom is -0.393 e. The number of nitrogens with one attached hydrogen (secondary N) is 2. The van der Waals surface area contributed by atoms with E-state index >= 15 is 0 Å². The fraction of sp³-hybridized carbons (Fsp3) is 0.588. The molecule has 0 fully saturated rings. The van der Waals surface area contributed by atoms with Gasteiger partial charge in [-0.05, 0) is 37.7 Å². The number of benzene rings is 1. The number of urea groups is 1. The van der Waals surface area contributed by atoms with Gasteiger partial charge in [-0.2, -0.15) is 0 Å². The van der Waals surface area contributed by atoms with E-state index in [4.69, 9.17) is 0 Å². The topological polar surface area (TPSA) is 61.4 Å². The summed E-state index contributed by atoms with van der Waals surface area (Å²) in [6.45, 7) is 9.07. The van der Waals surface area contributed by atoms with E-state index in [0.29, 0.717) is 19.5 Å². The Labute approximate surface area is 128 Å². The number of carbonyl (C=O) groups is 1. The fourth-order valence-electron chi connectivity index (χ4n) is 2.44. The monoisotopic (exact) mass is 292 g/mol. The average Bonchev–Trinajstić information content (AvgIpc) is 2.35. The van der Waals surface area contributed by atoms with Crippen molar-refractivity contribution in [2.45, 2.75) is 46.6 Å². The molecule has 4 heteroatoms. The second-order valence-corrected chi connectivity index (χ2v) is 6.57. The molecule has 0 spiro atoms. The zero-order chi connectivity index (χ0) is 15.9. The number of aryl methyl sites for hydroxylation is 1. The lowest BCUT2D eigenvalue weighted by Crippen LogP contribution is -2.42. The normalized spacial score (nSPS) is 12.8. The van der Waals surface area contributed by atoms with E-state index in [1.165, 1.54) is 11.1 Å². The number of carbonyl (C=O) groups excluding carboxylic acids is 1. The Morgan fingerprint density at radius 1 is 1.33 bits per heavy atom. The molecule has 1 atom stereocenters. The first-order valence-electron chi connectivity index (χ1n) is 7.54. The number of rotatable bonds is 7. The van der Waals surface area contributed by atoms with E-state index in [-0.39, 0.29) is 17.6 Å². The molecule has 0 aromatic heterocycles. The molecule has 3 N–H and O–H groups in total. The van der Waals surface area contributed by atoms with Crippen molar-refractivity contribution in [3.63, 3.8) is 0 Å². The third kappa shape index (κ3) is 7.71. The highest BCUT2D eigenvalue weighted by atomic mass is 16.3. The summed E-state index contributed by atoms with van der Waals surface area (Å²) in [5.74, 6) is 0. The second-order valence-electron chi connectivity index (χ2n) is 6.57. The van der Waals surface area contributed by atoms with Crippen LogP contribution in [0.5, 0.6) is 0 Å². The van der Waals surface area contributed by atoms with E-state index in [0.717, 1.165) is 6.42 Å². The zero-order valence-corrected chi connectivity index (χ0v) is 13.6. The Balaban J connectivity index is 2.25. The van der Waals surface area contributed by atoms with Gasteiger partial charge in [-0.1, -0.05) is 43.7 Å². The molecule has 0 saturated carbocycles. The minimum absolute atomic E-state index is 0.109. The summed E-state index contributed by atoms with van der Waals surface area (Å²) in [7, 11) is 0. The van der Waals surface area contributed by atoms with Gasteiger partial charge in [0, 0.05) is 13.1 Å². The predicted octanol–water partition coefficient (Wildman–Crippen LogP) is 2.63. The van der Waals surface area contributed by atoms with E-state index in [2.05, 4.69) is 35.8 Å². The molecule has 21 heavy (non-hydrogen) atoms. The third-order valence-corrected chi connectivity index (χ3v) is 3.36. The van der Waals surface area contributed by atoms with Gasteiger partial charge in [0.2, 0.25) is 0 Å². The summed E-state index contributed by atoms with van der Waals surface area (Å²) in [6.07, 6.45) is 1.13. The van der Waals surface area contributed by atoms with Gasteiger partial charge in [0.25, 0.3) is 0 Å². The lowest BCUT2D eigenvalue weighted by molar-refractivity contribution is 0.129. The minimum atomic E-state index is -0.355. The highest BCUT2D eigenvalue weighted by Crippen LogP contribution is 2.20. The number of aliphatic hydroxyl groups excluding tert-OH is 1. The average molecular weight is 292 g/mol. The maximum Gasteiger partial charge on any atom is 0.314 e. The molecule has 118 valence electrons. The van der Waals surface area contributed by atoms with Crippen molar-refractivity contribution in [2.24, 2.45) is 5.41 Å². The quantitative estimate of drug-likeness (QED) is 0.723. The van der Waals surface area contributed by atoms with Crippen LogP contribution >= 0.6 is 0 Å². The molecule has 1 unspecified atom stereocenters. The number of hydrogen-bond acceptors (Lipinski definition) is 2. The Hall–Kier alpha value is -1.55. The maximum absolute atomic E-state index is 11.7. The number of hydrogen-bond donors (Lipinski definition) is 3. The van der Waals surface area contributed by atoms with Crippen LogP contribution in [0.3, 0.4) is 0 Å². The summed E-state index contributed by atoms with van der Waals surface area (Å²) in [6, 6.07) is 8.14. The molecule has 1 rings (SSSR count). The van der Waals surface area contributed by atoms with Crippen LogP contribution in [0, 0.1) is 12.3 Å². The van der Waals surface area contributed by atoms with Crippen LogP contribution in [0.15, 0.2) is 24.3 Å². The summed E-state index contributed by atoms with van der Waals surface area (Å²) in [4.78, 5) is 11.7. The Bertz CT molecular complexity index is 456. The first kappa shape index (κ1) is 17.5. The molecule has 1 aromatic carbocycles. The van der Waals surface area contributed by atoms with Crippen LogP contribution < -0.4 is 10.6 Å². The van der Waals surface area contributed by atoms with Crippen molar-refractivity contribution < 1.29 is 9.90 Å². The number of aliphatic hydroxyl groups is 1. The lowest BCUT2D eigenvalue weighted by Gasteiger charge is -2.26. The van der Waals surface area contributed by atoms with E-state index in [1.807, 2.05) is 19.9 Å². The van der Waals surface area contributed by atoms with Crippen LogP contribution in [0.1, 0.15) is 38.3 Å². The van der Waals surface area contributed by atoms with Gasteiger partial charge in [0.05, 0.1) is 6.10 Å². The standard InChI is InChI=1S/C17H28N2O2/c1-13-6-5-7-15(10-13)8-9-18-16(21)19-12-17(3,4)11-14(2)20/h5-7,10,14,20H,8-9,11-12H2,1-4H3,(H2,18,19,21). The first-order valence-corrected chi connectivity index (χ1v) is 7.54. The van der Waals surface area contributed by atoms with Crippen molar-refractivity contribution in [1.82, 2.24) is 10.6 Å². The second kappa shape index (κ2) is 8.03. The van der Waals surface area contributed by atoms with Gasteiger partial charge in [0.1, 0.15) is 0 Å². The van der Waals surface area contributed by atoms with Gasteiger partial charge in [0.15, 0.2) is 0 Å². The molecular formula is C17H28N2O2. The molecule has 0 saturated heterocycles. The van der Waals surface area contributed by atoms with Crippen LogP contribution in [-0.4, -0.2) is 30.3 Å². The number of amides is 2. The third-order valence-electron chi connectivity index (χ3n) is 3.36. The van der Waals surface area contributed by atoms with Crippen LogP contribution in [-0.2, 0) is 6.42 Å². The molecule has 0 aliphatic rings. The van der Waals surface area contributed by atoms with Gasteiger partial charge >= 0.3 is 6.03 Å². The van der Waals surface area contributed by atoms with Crippen molar-refractivity contribution in [3.05, 3.63) is 35.4 Å². The summed E-state index contributed by atoms with van der Waals surface area (Å²) < 4.78 is 0. The summed E-state index contributed by atoms with van der Waals surface area (Å²) in [5, 5.41) is 15.1. The highest BCUT2D eigenvalue weighted by molar-refractivity contribution is 5.73. The van der Waals surface area contributed by atoms with Crippen molar-refractivity contribution in [2.75, 3.05) is 13.1 Å². The summed E-state index contributed by atoms with van der Waals surface area (Å²) in [5.41, 5.74) is 2.35. The largest absolute Gasteiger partial charge is 0.393 e. The van der Waals surface area contributed by atoms with Gasteiger partial charge in [-0.15, -0.1) is 0 Å². The maximum atomic E-state index is 11.7. The highest BCUT2D eigenvalue weighted by Gasteiger charge is 2.20. The predicted molar refractivity (Wildman–Crippen MR) is 86.4 cm³/mol. The molecule has 0 heterocycles. The molecule has 1 aromatic rings. The molecule has 0 radical (unpaired) electrons. The van der Waals surface area contributed by atoms with E-state index < -0.39 is 0 Å². The van der Waals surface area contributed by atoms with Crippen molar-refractivity contribution in [1.29, 1.82) is 0 Å². The molecule has 0 aliphatic carbocycles. The van der Waals surface area contributed by atoms with E-state index in [1.54, 1.807) is 6.92 Å². The first-order chi connectivity index (χ1) is 9.78. The zero-order valence-electron chi connectivity index (χ0n) is 13.6. The van der Waals surface area contributed by atoms with Gasteiger partial charge in [-0.25, -0.2) is 4.79 Å². The lowest BCUT2D eigenvalue weighted by atomic mass is 9.87. The Morgan fingerprint density at radius 2 is 2.05 bits per heavy atom. The smallest absolute Gasteiger partial charge is 0.314 e.